The van der Waals surface area contributed by atoms with Crippen LogP contribution < -0.4 is 5.32 Å². The van der Waals surface area contributed by atoms with Crippen LogP contribution in [0.2, 0.25) is 0 Å². The minimum Gasteiger partial charge on any atom is -0.507 e. The van der Waals surface area contributed by atoms with Crippen molar-refractivity contribution in [3.8, 4) is 5.75 Å². The maximum absolute atomic E-state index is 11.4. The Morgan fingerprint density at radius 3 is 2.71 bits per heavy atom. The molecule has 2 N–H and O–H groups in total. The molecule has 1 aromatic carbocycles. The van der Waals surface area contributed by atoms with Gasteiger partial charge in [0.05, 0.1) is 5.56 Å². The van der Waals surface area contributed by atoms with Gasteiger partial charge in [0, 0.05) is 6.54 Å². The highest BCUT2D eigenvalue weighted by molar-refractivity contribution is 5.80. The van der Waals surface area contributed by atoms with E-state index in [0.717, 1.165) is 5.56 Å². The summed E-state index contributed by atoms with van der Waals surface area (Å²) < 4.78 is 5.11. The maximum Gasteiger partial charge on any atom is 0.407 e. The molecule has 0 heterocycles. The molecular formula is C16H21NO4. The number of ether oxygens (including phenoxy) is 1. The maximum atomic E-state index is 11.4. The summed E-state index contributed by atoms with van der Waals surface area (Å²) >= 11 is 0. The quantitative estimate of drug-likeness (QED) is 0.645. The van der Waals surface area contributed by atoms with Crippen molar-refractivity contribution in [3.63, 3.8) is 0 Å². The first kappa shape index (κ1) is 16.8. The van der Waals surface area contributed by atoms with Crippen LogP contribution in [0, 0.1) is 0 Å². The summed E-state index contributed by atoms with van der Waals surface area (Å²) in [7, 11) is 0. The van der Waals surface area contributed by atoms with E-state index >= 15 is 0 Å². The lowest BCUT2D eigenvalue weighted by atomic mass is 10.1. The van der Waals surface area contributed by atoms with Gasteiger partial charge in [-0.15, -0.1) is 0 Å². The van der Waals surface area contributed by atoms with Crippen LogP contribution in [0.4, 0.5) is 4.79 Å². The summed E-state index contributed by atoms with van der Waals surface area (Å²) in [5.41, 5.74) is 0.563. The fourth-order valence-corrected chi connectivity index (χ4v) is 1.56. The zero-order valence-corrected chi connectivity index (χ0v) is 12.6. The number of carbonyl (C=O) groups excluding carboxylic acids is 2. The van der Waals surface area contributed by atoms with E-state index < -0.39 is 11.7 Å². The zero-order chi connectivity index (χ0) is 15.9. The van der Waals surface area contributed by atoms with E-state index in [4.69, 9.17) is 4.74 Å². The van der Waals surface area contributed by atoms with Crippen molar-refractivity contribution in [2.24, 2.45) is 0 Å². The number of nitrogens with one attached hydrogen (secondary N) is 1. The van der Waals surface area contributed by atoms with Gasteiger partial charge in [0.2, 0.25) is 0 Å². The molecule has 0 aliphatic carbocycles. The Morgan fingerprint density at radius 1 is 1.38 bits per heavy atom. The highest BCUT2D eigenvalue weighted by atomic mass is 16.6. The van der Waals surface area contributed by atoms with Gasteiger partial charge in [-0.1, -0.05) is 18.2 Å². The Hall–Kier alpha value is -2.30. The monoisotopic (exact) mass is 291 g/mol. The van der Waals surface area contributed by atoms with Crippen molar-refractivity contribution in [3.05, 3.63) is 35.4 Å². The summed E-state index contributed by atoms with van der Waals surface area (Å²) in [6, 6.07) is 4.78. The van der Waals surface area contributed by atoms with E-state index in [-0.39, 0.29) is 11.3 Å². The molecule has 5 nitrogen and oxygen atoms in total. The molecule has 0 aliphatic rings. The third-order valence-corrected chi connectivity index (χ3v) is 2.47. The number of benzene rings is 1. The van der Waals surface area contributed by atoms with Gasteiger partial charge >= 0.3 is 6.09 Å². The van der Waals surface area contributed by atoms with Crippen molar-refractivity contribution >= 4 is 18.5 Å². The van der Waals surface area contributed by atoms with E-state index in [1.807, 2.05) is 32.9 Å². The van der Waals surface area contributed by atoms with Crippen molar-refractivity contribution in [1.82, 2.24) is 5.32 Å². The first-order chi connectivity index (χ1) is 9.81. The van der Waals surface area contributed by atoms with E-state index in [2.05, 4.69) is 5.32 Å². The standard InChI is InChI=1S/C16H21NO4/c1-16(2,3)21-15(20)17-9-5-4-6-12-7-8-14(19)13(10-12)11-18/h4,6-8,10-11,19H,5,9H2,1-3H3,(H,17,20). The molecule has 1 amide bonds. The topological polar surface area (TPSA) is 75.6 Å². The summed E-state index contributed by atoms with van der Waals surface area (Å²) in [6.45, 7) is 5.88. The van der Waals surface area contributed by atoms with Gasteiger partial charge in [0.1, 0.15) is 11.4 Å². The predicted molar refractivity (Wildman–Crippen MR) is 81.4 cm³/mol. The largest absolute Gasteiger partial charge is 0.507 e. The molecule has 0 atom stereocenters. The number of rotatable bonds is 5. The number of carbonyl (C=O) groups is 2. The summed E-state index contributed by atoms with van der Waals surface area (Å²) in [5.74, 6) is -0.0336. The van der Waals surface area contributed by atoms with Crippen LogP contribution in [0.5, 0.6) is 5.75 Å². The number of amides is 1. The molecular weight excluding hydrogens is 270 g/mol. The van der Waals surface area contributed by atoms with E-state index in [1.54, 1.807) is 12.1 Å². The molecule has 0 aliphatic heterocycles. The Kier molecular flexibility index (Phi) is 5.96. The molecule has 21 heavy (non-hydrogen) atoms. The van der Waals surface area contributed by atoms with Crippen LogP contribution in [0.25, 0.3) is 6.08 Å². The van der Waals surface area contributed by atoms with Crippen molar-refractivity contribution in [2.75, 3.05) is 6.54 Å². The van der Waals surface area contributed by atoms with Gasteiger partial charge < -0.3 is 15.2 Å². The Labute approximate surface area is 124 Å². The van der Waals surface area contributed by atoms with Gasteiger partial charge in [0.15, 0.2) is 6.29 Å². The Balaban J connectivity index is 2.39. The number of hydrogen-bond acceptors (Lipinski definition) is 4. The molecule has 0 fully saturated rings. The lowest BCUT2D eigenvalue weighted by molar-refractivity contribution is 0.0528. The van der Waals surface area contributed by atoms with Crippen LogP contribution in [-0.2, 0) is 4.74 Å². The Bertz CT molecular complexity index is 530. The number of hydrogen-bond donors (Lipinski definition) is 2. The lowest BCUT2D eigenvalue weighted by Crippen LogP contribution is -2.32. The van der Waals surface area contributed by atoms with Gasteiger partial charge in [-0.3, -0.25) is 4.79 Å². The number of phenols is 1. The molecule has 0 saturated heterocycles. The molecule has 5 heteroatoms. The molecule has 0 bridgehead atoms. The van der Waals surface area contributed by atoms with E-state index in [9.17, 15) is 14.7 Å². The predicted octanol–water partition coefficient (Wildman–Crippen LogP) is 3.13. The lowest BCUT2D eigenvalue weighted by Gasteiger charge is -2.19. The first-order valence-corrected chi connectivity index (χ1v) is 6.73. The average Bonchev–Trinajstić information content (AvgIpc) is 2.38. The minimum absolute atomic E-state index is 0.0336. The highest BCUT2D eigenvalue weighted by Gasteiger charge is 2.15. The molecule has 1 rings (SSSR count). The van der Waals surface area contributed by atoms with Gasteiger partial charge in [-0.2, -0.15) is 0 Å². The SMILES string of the molecule is CC(C)(C)OC(=O)NCCC=Cc1ccc(O)c(C=O)c1. The Morgan fingerprint density at radius 2 is 2.10 bits per heavy atom. The number of aromatic hydroxyl groups is 1. The highest BCUT2D eigenvalue weighted by Crippen LogP contribution is 2.17. The van der Waals surface area contributed by atoms with E-state index in [0.29, 0.717) is 19.3 Å². The molecule has 0 spiro atoms. The van der Waals surface area contributed by atoms with Crippen molar-refractivity contribution in [1.29, 1.82) is 0 Å². The van der Waals surface area contributed by atoms with Crippen LogP contribution in [0.3, 0.4) is 0 Å². The van der Waals surface area contributed by atoms with Crippen LogP contribution in [-0.4, -0.2) is 29.6 Å². The average molecular weight is 291 g/mol. The number of aldehydes is 1. The number of alkyl carbamates (subject to hydrolysis) is 1. The molecule has 0 saturated carbocycles. The molecule has 1 aromatic rings. The second-order valence-corrected chi connectivity index (χ2v) is 5.56. The van der Waals surface area contributed by atoms with Crippen molar-refractivity contribution in [2.45, 2.75) is 32.8 Å². The summed E-state index contributed by atoms with van der Waals surface area (Å²) in [4.78, 5) is 22.1. The van der Waals surface area contributed by atoms with E-state index in [1.165, 1.54) is 6.07 Å². The minimum atomic E-state index is -0.503. The second kappa shape index (κ2) is 7.47. The third-order valence-electron chi connectivity index (χ3n) is 2.47. The first-order valence-electron chi connectivity index (χ1n) is 6.73. The second-order valence-electron chi connectivity index (χ2n) is 5.56. The van der Waals surface area contributed by atoms with Gasteiger partial charge in [0.25, 0.3) is 0 Å². The van der Waals surface area contributed by atoms with Crippen LogP contribution >= 0.6 is 0 Å². The van der Waals surface area contributed by atoms with Gasteiger partial charge in [-0.25, -0.2) is 4.79 Å². The normalized spacial score (nSPS) is 11.4. The molecule has 0 radical (unpaired) electrons. The molecule has 0 unspecified atom stereocenters. The van der Waals surface area contributed by atoms with Crippen molar-refractivity contribution < 1.29 is 19.4 Å². The number of phenolic OH excluding ortho intramolecular Hbond substituents is 1. The summed E-state index contributed by atoms with van der Waals surface area (Å²) in [5, 5.41) is 12.0. The van der Waals surface area contributed by atoms with Gasteiger partial charge in [-0.05, 0) is 44.9 Å². The van der Waals surface area contributed by atoms with Crippen LogP contribution in [0.1, 0.15) is 43.1 Å². The fourth-order valence-electron chi connectivity index (χ4n) is 1.56. The zero-order valence-electron chi connectivity index (χ0n) is 12.6. The molecule has 114 valence electrons. The molecule has 0 aromatic heterocycles. The third kappa shape index (κ3) is 6.61. The summed E-state index contributed by atoms with van der Waals surface area (Å²) in [6.07, 6.45) is 4.50. The van der Waals surface area contributed by atoms with Crippen LogP contribution in [0.15, 0.2) is 24.3 Å². The smallest absolute Gasteiger partial charge is 0.407 e. The fraction of sp³-hybridized carbons (Fsp3) is 0.375.